The molecule has 0 saturated carbocycles. The number of nitrogens with zero attached hydrogens (tertiary/aromatic N) is 1. The molecule has 2 heterocycles. The summed E-state index contributed by atoms with van der Waals surface area (Å²) >= 11 is 1.91. The van der Waals surface area contributed by atoms with Gasteiger partial charge in [-0.2, -0.15) is 11.8 Å². The molecule has 4 amide bonds. The summed E-state index contributed by atoms with van der Waals surface area (Å²) < 4.78 is 12.1. The average Bonchev–Trinajstić information content (AvgIpc) is 3.38. The fourth-order valence-corrected chi connectivity index (χ4v) is 6.06. The Hall–Kier alpha value is -1.56. The van der Waals surface area contributed by atoms with E-state index in [1.54, 1.807) is 0 Å². The van der Waals surface area contributed by atoms with E-state index in [1.807, 2.05) is 58.3 Å². The highest BCUT2D eigenvalue weighted by Gasteiger charge is 2.42. The highest BCUT2D eigenvalue weighted by atomic mass is 32.2. The number of nitrogens with one attached hydrogen (secondary N) is 4. The molecule has 2 saturated heterocycles. The molecule has 0 aromatic heterocycles. The lowest BCUT2D eigenvalue weighted by Crippen LogP contribution is -2.38. The number of amides is 4. The summed E-state index contributed by atoms with van der Waals surface area (Å²) in [6.07, 6.45) is 4.82. The zero-order valence-corrected chi connectivity index (χ0v) is 25.1. The molecule has 4 N–H and O–H groups in total. The third-order valence-corrected chi connectivity index (χ3v) is 8.71. The van der Waals surface area contributed by atoms with Crippen molar-refractivity contribution >= 4 is 29.6 Å². The molecule has 2 rings (SSSR count). The molecule has 3 unspecified atom stereocenters. The van der Waals surface area contributed by atoms with Gasteiger partial charge < -0.3 is 30.7 Å². The largest absolute Gasteiger partial charge is 0.375 e. The van der Waals surface area contributed by atoms with Crippen molar-refractivity contribution in [2.24, 2.45) is 0 Å². The second-order valence-electron chi connectivity index (χ2n) is 11.6. The van der Waals surface area contributed by atoms with Gasteiger partial charge in [-0.15, -0.1) is 0 Å². The number of urea groups is 1. The molecule has 0 aromatic rings. The predicted octanol–water partition coefficient (Wildman–Crippen LogP) is 2.27. The molecular weight excluding hydrogens is 506 g/mol. The zero-order valence-electron chi connectivity index (χ0n) is 24.3. The minimum Gasteiger partial charge on any atom is -0.375 e. The lowest BCUT2D eigenvalue weighted by atomic mass is 10.0. The molecule has 2 fully saturated rings. The maximum Gasteiger partial charge on any atom is 0.315 e. The number of carbonyl (C=O) groups excluding carboxylic acids is 3. The molecule has 2 aliphatic rings. The van der Waals surface area contributed by atoms with E-state index in [2.05, 4.69) is 21.3 Å². The summed E-state index contributed by atoms with van der Waals surface area (Å²) in [6, 6.07) is 0.420. The smallest absolute Gasteiger partial charge is 0.315 e. The van der Waals surface area contributed by atoms with E-state index in [0.29, 0.717) is 44.5 Å². The zero-order chi connectivity index (χ0) is 28.2. The van der Waals surface area contributed by atoms with E-state index in [4.69, 9.17) is 9.47 Å². The number of likely N-dealkylation sites (N-methyl/N-ethyl adjacent to an activating group) is 1. The Labute approximate surface area is 233 Å². The van der Waals surface area contributed by atoms with Crippen LogP contribution < -0.4 is 21.3 Å². The molecule has 0 radical (unpaired) electrons. The van der Waals surface area contributed by atoms with Crippen LogP contribution in [0.2, 0.25) is 0 Å². The van der Waals surface area contributed by atoms with Crippen molar-refractivity contribution in [2.75, 3.05) is 52.2 Å². The Bertz CT molecular complexity index is 766. The topological polar surface area (TPSA) is 121 Å². The van der Waals surface area contributed by atoms with E-state index in [1.165, 1.54) is 0 Å². The van der Waals surface area contributed by atoms with E-state index < -0.39 is 0 Å². The summed E-state index contributed by atoms with van der Waals surface area (Å²) in [5.41, 5.74) is -0.699. The number of hydrogen-bond donors (Lipinski definition) is 4. The van der Waals surface area contributed by atoms with Crippen LogP contribution in [-0.4, -0.2) is 103 Å². The number of rotatable bonds is 19. The van der Waals surface area contributed by atoms with Gasteiger partial charge >= 0.3 is 6.03 Å². The molecule has 38 heavy (non-hydrogen) atoms. The Morgan fingerprint density at radius 1 is 1.00 bits per heavy atom. The first-order valence-electron chi connectivity index (χ1n) is 14.1. The second-order valence-corrected chi connectivity index (χ2v) is 12.9. The molecule has 0 aromatic carbocycles. The number of carbonyl (C=O) groups is 3. The van der Waals surface area contributed by atoms with Crippen LogP contribution >= 0.6 is 11.8 Å². The number of unbranched alkanes of at least 4 members (excludes halogenated alkanes) is 1. The first kappa shape index (κ1) is 32.7. The average molecular weight is 558 g/mol. The van der Waals surface area contributed by atoms with Gasteiger partial charge in [-0.05, 0) is 67.0 Å². The molecule has 220 valence electrons. The fourth-order valence-electron chi connectivity index (χ4n) is 4.51. The quantitative estimate of drug-likeness (QED) is 0.142. The molecule has 11 heteroatoms. The summed E-state index contributed by atoms with van der Waals surface area (Å²) in [4.78, 5) is 37.5. The molecule has 3 atom stereocenters. The van der Waals surface area contributed by atoms with Crippen LogP contribution in [0.15, 0.2) is 0 Å². The second kappa shape index (κ2) is 15.9. The molecule has 2 aliphatic heterocycles. The number of ether oxygens (including phenoxy) is 2. The molecule has 0 bridgehead atoms. The van der Waals surface area contributed by atoms with Crippen LogP contribution in [0.25, 0.3) is 0 Å². The Morgan fingerprint density at radius 2 is 1.68 bits per heavy atom. The maximum absolute atomic E-state index is 12.2. The highest BCUT2D eigenvalue weighted by Crippen LogP contribution is 2.33. The van der Waals surface area contributed by atoms with E-state index in [0.717, 1.165) is 44.4 Å². The summed E-state index contributed by atoms with van der Waals surface area (Å²) in [7, 11) is 1.93. The van der Waals surface area contributed by atoms with Crippen LogP contribution in [0.5, 0.6) is 0 Å². The van der Waals surface area contributed by atoms with E-state index >= 15 is 0 Å². The maximum atomic E-state index is 12.2. The van der Waals surface area contributed by atoms with Gasteiger partial charge in [-0.3, -0.25) is 14.5 Å². The van der Waals surface area contributed by atoms with E-state index in [-0.39, 0.29) is 41.1 Å². The van der Waals surface area contributed by atoms with Crippen molar-refractivity contribution in [3.05, 3.63) is 0 Å². The van der Waals surface area contributed by atoms with Crippen molar-refractivity contribution in [3.63, 3.8) is 0 Å². The van der Waals surface area contributed by atoms with Crippen LogP contribution in [0.1, 0.15) is 73.1 Å². The van der Waals surface area contributed by atoms with Gasteiger partial charge in [-0.25, -0.2) is 4.79 Å². The van der Waals surface area contributed by atoms with Gasteiger partial charge in [0.2, 0.25) is 11.8 Å². The van der Waals surface area contributed by atoms with Crippen molar-refractivity contribution in [3.8, 4) is 0 Å². The molecule has 10 nitrogen and oxygen atoms in total. The van der Waals surface area contributed by atoms with Gasteiger partial charge in [0.25, 0.3) is 0 Å². The number of fused-ring (bicyclic) bond motifs is 1. The molecule has 0 spiro atoms. The monoisotopic (exact) mass is 557 g/mol. The van der Waals surface area contributed by atoms with Gasteiger partial charge in [0.15, 0.2) is 0 Å². The van der Waals surface area contributed by atoms with Gasteiger partial charge in [0, 0.05) is 30.5 Å². The third-order valence-electron chi connectivity index (χ3n) is 7.20. The van der Waals surface area contributed by atoms with Gasteiger partial charge in [0.1, 0.15) is 0 Å². The van der Waals surface area contributed by atoms with Gasteiger partial charge in [-0.1, -0.05) is 13.3 Å². The van der Waals surface area contributed by atoms with Crippen molar-refractivity contribution in [1.29, 1.82) is 0 Å². The summed E-state index contributed by atoms with van der Waals surface area (Å²) in [5, 5.41) is 12.3. The Morgan fingerprint density at radius 3 is 2.42 bits per heavy atom. The lowest BCUT2D eigenvalue weighted by Gasteiger charge is -2.30. The van der Waals surface area contributed by atoms with Crippen LogP contribution in [0, 0.1) is 0 Å². The number of hydrogen-bond acceptors (Lipinski definition) is 7. The predicted molar refractivity (Wildman–Crippen MR) is 152 cm³/mol. The number of thioether (sulfide) groups is 1. The van der Waals surface area contributed by atoms with Crippen LogP contribution in [-0.2, 0) is 19.1 Å². The van der Waals surface area contributed by atoms with Crippen molar-refractivity contribution < 1.29 is 23.9 Å². The third kappa shape index (κ3) is 12.5. The first-order chi connectivity index (χ1) is 17.9. The molecular formula is C27H51N5O5S. The first-order valence-corrected chi connectivity index (χ1v) is 15.1. The standard InChI is InChI=1S/C27H51N5O5S/c1-7-32(6)18-23(34)28-14-12-26(2,3)36-16-13-27(4,5)37-17-15-29-22(33)11-9-8-10-21-24-20(19-38-21)30-25(35)31-24/h20-21,24H,7-19H2,1-6H3,(H,28,34)(H,29,33)(H2,30,31,35). The van der Waals surface area contributed by atoms with Crippen molar-refractivity contribution in [2.45, 2.75) is 102 Å². The van der Waals surface area contributed by atoms with Crippen molar-refractivity contribution in [1.82, 2.24) is 26.2 Å². The fraction of sp³-hybridized carbons (Fsp3) is 0.889. The highest BCUT2D eigenvalue weighted by molar-refractivity contribution is 8.00. The SMILES string of the molecule is CCN(C)CC(=O)NCCC(C)(C)OCCC(C)(C)OCCNC(=O)CCCCC1SCC2NC(=O)NC21. The van der Waals surface area contributed by atoms with E-state index in [9.17, 15) is 14.4 Å². The molecule has 0 aliphatic carbocycles. The normalized spacial score (nSPS) is 21.2. The van der Waals surface area contributed by atoms with Gasteiger partial charge in [0.05, 0.1) is 43.0 Å². The Kier molecular flexibility index (Phi) is 13.6. The van der Waals surface area contributed by atoms with Crippen LogP contribution in [0.4, 0.5) is 4.79 Å². The Balaban J connectivity index is 1.48. The minimum absolute atomic E-state index is 0.0334. The summed E-state index contributed by atoms with van der Waals surface area (Å²) in [5.74, 6) is 1.05. The summed E-state index contributed by atoms with van der Waals surface area (Å²) in [6.45, 7) is 13.5. The minimum atomic E-state index is -0.360. The van der Waals surface area contributed by atoms with Crippen LogP contribution in [0.3, 0.4) is 0 Å². The lowest BCUT2D eigenvalue weighted by molar-refractivity contribution is -0.123.